The number of aromatic nitrogens is 2. The van der Waals surface area contributed by atoms with Crippen molar-refractivity contribution < 1.29 is 23.1 Å². The number of hydrogen-bond donors (Lipinski definition) is 2. The van der Waals surface area contributed by atoms with Crippen LogP contribution in [0.15, 0.2) is 48.5 Å². The molecule has 2 N–H and O–H groups in total. The van der Waals surface area contributed by atoms with Crippen LogP contribution in [0.5, 0.6) is 0 Å². The molecule has 1 atom stereocenters. The zero-order chi connectivity index (χ0) is 18.1. The third-order valence-electron chi connectivity index (χ3n) is 3.74. The molecule has 3 rings (SSSR count). The van der Waals surface area contributed by atoms with Crippen molar-refractivity contribution in [3.63, 3.8) is 0 Å². The second-order valence-electron chi connectivity index (χ2n) is 5.37. The molecule has 2 aromatic carbocycles. The van der Waals surface area contributed by atoms with Gasteiger partial charge in [-0.3, -0.25) is 4.79 Å². The summed E-state index contributed by atoms with van der Waals surface area (Å²) in [5.74, 6) is -0.742. The van der Waals surface area contributed by atoms with Gasteiger partial charge in [-0.15, -0.1) is 0 Å². The van der Waals surface area contributed by atoms with Crippen molar-refractivity contribution in [3.8, 4) is 0 Å². The van der Waals surface area contributed by atoms with Crippen LogP contribution in [0, 0.1) is 0 Å². The monoisotopic (exact) mass is 367 g/mol. The van der Waals surface area contributed by atoms with Gasteiger partial charge in [0.1, 0.15) is 11.0 Å². The number of aliphatic hydroxyl groups is 1. The molecule has 130 valence electrons. The lowest BCUT2D eigenvalue weighted by Crippen LogP contribution is -2.51. The van der Waals surface area contributed by atoms with Crippen molar-refractivity contribution in [1.82, 2.24) is 14.1 Å². The molecule has 0 saturated carbocycles. The quantitative estimate of drug-likeness (QED) is 0.744. The van der Waals surface area contributed by atoms with Gasteiger partial charge in [0.25, 0.3) is 5.91 Å². The van der Waals surface area contributed by atoms with E-state index in [4.69, 9.17) is 0 Å². The first kappa shape index (κ1) is 17.3. The number of nitrogens with one attached hydrogen (secondary N) is 1. The van der Waals surface area contributed by atoms with Crippen molar-refractivity contribution in [1.29, 1.82) is 0 Å². The van der Waals surface area contributed by atoms with Gasteiger partial charge in [-0.1, -0.05) is 30.3 Å². The van der Waals surface area contributed by atoms with Crippen molar-refractivity contribution >= 4 is 28.7 Å². The number of carbonyl (C=O) groups is 1. The second-order valence-corrected chi connectivity index (χ2v) is 5.90. The van der Waals surface area contributed by atoms with Gasteiger partial charge >= 0.3 is 6.18 Å². The molecule has 9 heteroatoms. The summed E-state index contributed by atoms with van der Waals surface area (Å²) in [5.41, 5.74) is -2.32. The lowest BCUT2D eigenvalue weighted by atomic mass is 9.93. The maximum Gasteiger partial charge on any atom is 0.423 e. The molecule has 1 aromatic heterocycles. The van der Waals surface area contributed by atoms with Crippen molar-refractivity contribution in [3.05, 3.63) is 59.7 Å². The zero-order valence-corrected chi connectivity index (χ0v) is 13.4. The lowest BCUT2D eigenvalue weighted by Gasteiger charge is -2.31. The summed E-state index contributed by atoms with van der Waals surface area (Å²) in [6, 6.07) is 11.1. The first-order valence-corrected chi connectivity index (χ1v) is 7.89. The first-order valence-electron chi connectivity index (χ1n) is 7.16. The van der Waals surface area contributed by atoms with Crippen LogP contribution >= 0.6 is 11.7 Å². The van der Waals surface area contributed by atoms with Gasteiger partial charge in [-0.25, -0.2) is 0 Å². The highest BCUT2D eigenvalue weighted by Crippen LogP contribution is 2.38. The van der Waals surface area contributed by atoms with E-state index in [-0.39, 0.29) is 11.1 Å². The van der Waals surface area contributed by atoms with Gasteiger partial charge < -0.3 is 10.4 Å². The smallest absolute Gasteiger partial charge is 0.375 e. The van der Waals surface area contributed by atoms with Crippen LogP contribution in [0.4, 0.5) is 13.2 Å². The van der Waals surface area contributed by atoms with E-state index in [1.807, 2.05) is 0 Å². The molecule has 0 aliphatic rings. The van der Waals surface area contributed by atoms with Gasteiger partial charge in [0, 0.05) is 5.56 Å². The molecule has 0 spiro atoms. The molecule has 3 aromatic rings. The van der Waals surface area contributed by atoms with E-state index in [1.165, 1.54) is 30.3 Å². The normalized spacial score (nSPS) is 14.2. The predicted octanol–water partition coefficient (Wildman–Crippen LogP) is 2.87. The van der Waals surface area contributed by atoms with E-state index in [0.717, 1.165) is 23.9 Å². The topological polar surface area (TPSA) is 75.1 Å². The fourth-order valence-corrected chi connectivity index (χ4v) is 2.83. The minimum absolute atomic E-state index is 0.137. The summed E-state index contributed by atoms with van der Waals surface area (Å²) in [6.45, 7) is -1.01. The Morgan fingerprint density at radius 2 is 1.76 bits per heavy atom. The molecule has 0 saturated heterocycles. The van der Waals surface area contributed by atoms with Gasteiger partial charge in [0.15, 0.2) is 0 Å². The number of halogens is 3. The Hall–Kier alpha value is -2.52. The molecule has 0 bridgehead atoms. The Bertz CT molecular complexity index is 898. The van der Waals surface area contributed by atoms with Crippen LogP contribution in [0.3, 0.4) is 0 Å². The van der Waals surface area contributed by atoms with Gasteiger partial charge in [0.05, 0.1) is 18.3 Å². The van der Waals surface area contributed by atoms with E-state index in [1.54, 1.807) is 6.07 Å². The van der Waals surface area contributed by atoms with E-state index in [9.17, 15) is 23.1 Å². The number of benzene rings is 2. The fraction of sp³-hybridized carbons (Fsp3) is 0.188. The highest BCUT2D eigenvalue weighted by Gasteiger charge is 2.55. The predicted molar refractivity (Wildman–Crippen MR) is 86.1 cm³/mol. The summed E-state index contributed by atoms with van der Waals surface area (Å²) < 4.78 is 48.1. The van der Waals surface area contributed by atoms with Crippen molar-refractivity contribution in [2.45, 2.75) is 11.8 Å². The Balaban J connectivity index is 1.82. The zero-order valence-electron chi connectivity index (χ0n) is 12.6. The molecule has 1 unspecified atom stereocenters. The van der Waals surface area contributed by atoms with Gasteiger partial charge in [-0.05, 0) is 23.8 Å². The number of hydrogen-bond acceptors (Lipinski definition) is 5. The number of amides is 1. The van der Waals surface area contributed by atoms with Crippen LogP contribution in [0.1, 0.15) is 15.9 Å². The van der Waals surface area contributed by atoms with E-state index < -0.39 is 24.2 Å². The van der Waals surface area contributed by atoms with Gasteiger partial charge in [-0.2, -0.15) is 21.9 Å². The Morgan fingerprint density at radius 1 is 1.08 bits per heavy atom. The van der Waals surface area contributed by atoms with Crippen LogP contribution < -0.4 is 5.32 Å². The molecular weight excluding hydrogens is 355 g/mol. The summed E-state index contributed by atoms with van der Waals surface area (Å²) >= 11 is 0.971. The van der Waals surface area contributed by atoms with Crippen LogP contribution in [-0.2, 0) is 5.60 Å². The number of alkyl halides is 3. The lowest BCUT2D eigenvalue weighted by molar-refractivity contribution is -0.263. The third kappa shape index (κ3) is 3.33. The molecule has 1 heterocycles. The Morgan fingerprint density at radius 3 is 2.44 bits per heavy atom. The van der Waals surface area contributed by atoms with Crippen LogP contribution in [0.2, 0.25) is 0 Å². The summed E-state index contributed by atoms with van der Waals surface area (Å²) in [6.07, 6.45) is -4.95. The number of rotatable bonds is 4. The maximum absolute atomic E-state index is 13.4. The van der Waals surface area contributed by atoms with E-state index in [0.29, 0.717) is 11.0 Å². The summed E-state index contributed by atoms with van der Waals surface area (Å²) in [4.78, 5) is 12.2. The standard InChI is InChI=1S/C16H12F3N3O2S/c17-16(18,19)15(24,11-4-2-1-3-5-11)9-20-14(23)10-6-7-12-13(8-10)22-25-21-12/h1-8,24H,9H2,(H,20,23). The minimum Gasteiger partial charge on any atom is -0.375 e. The average Bonchev–Trinajstić information content (AvgIpc) is 3.06. The Kier molecular flexibility index (Phi) is 4.44. The van der Waals surface area contributed by atoms with Crippen LogP contribution in [-0.4, -0.2) is 32.5 Å². The highest BCUT2D eigenvalue weighted by atomic mass is 32.1. The molecule has 1 amide bonds. The number of nitrogens with zero attached hydrogens (tertiary/aromatic N) is 2. The third-order valence-corrected chi connectivity index (χ3v) is 4.30. The van der Waals surface area contributed by atoms with Gasteiger partial charge in [0.2, 0.25) is 5.60 Å². The van der Waals surface area contributed by atoms with Crippen molar-refractivity contribution in [2.24, 2.45) is 0 Å². The van der Waals surface area contributed by atoms with E-state index in [2.05, 4.69) is 14.1 Å². The molecule has 0 aliphatic carbocycles. The van der Waals surface area contributed by atoms with E-state index >= 15 is 0 Å². The molecule has 0 fully saturated rings. The highest BCUT2D eigenvalue weighted by molar-refractivity contribution is 7.00. The first-order chi connectivity index (χ1) is 11.8. The average molecular weight is 367 g/mol. The molecule has 0 aliphatic heterocycles. The number of fused-ring (bicyclic) bond motifs is 1. The molecular formula is C16H12F3N3O2S. The number of carbonyl (C=O) groups excluding carboxylic acids is 1. The molecule has 5 nitrogen and oxygen atoms in total. The SMILES string of the molecule is O=C(NCC(O)(c1ccccc1)C(F)(F)F)c1ccc2nsnc2c1. The molecule has 0 radical (unpaired) electrons. The van der Waals surface area contributed by atoms with Crippen molar-refractivity contribution in [2.75, 3.05) is 6.54 Å². The van der Waals surface area contributed by atoms with Crippen LogP contribution in [0.25, 0.3) is 11.0 Å². The summed E-state index contributed by atoms with van der Waals surface area (Å²) in [7, 11) is 0. The second kappa shape index (κ2) is 6.41. The Labute approximate surface area is 144 Å². The largest absolute Gasteiger partial charge is 0.423 e. The minimum atomic E-state index is -4.95. The fourth-order valence-electron chi connectivity index (χ4n) is 2.31. The maximum atomic E-state index is 13.4. The molecule has 25 heavy (non-hydrogen) atoms. The summed E-state index contributed by atoms with van der Waals surface area (Å²) in [5, 5.41) is 12.3.